The average molecular weight is 834 g/mol. The van der Waals surface area contributed by atoms with Crippen LogP contribution < -0.4 is 0 Å². The third-order valence-electron chi connectivity index (χ3n) is 12.4. The van der Waals surface area contributed by atoms with Gasteiger partial charge in [-0.15, -0.1) is 11.3 Å². The van der Waals surface area contributed by atoms with Gasteiger partial charge in [0.25, 0.3) is 0 Å². The van der Waals surface area contributed by atoms with E-state index in [-0.39, 0.29) is 0 Å². The summed E-state index contributed by atoms with van der Waals surface area (Å²) in [6.45, 7) is 0. The molecule has 0 aliphatic heterocycles. The summed E-state index contributed by atoms with van der Waals surface area (Å²) in [5.41, 5.74) is 11.4. The lowest BCUT2D eigenvalue weighted by Gasteiger charge is -2.12. The number of hydrogen-bond acceptors (Lipinski definition) is 5. The summed E-state index contributed by atoms with van der Waals surface area (Å²) in [7, 11) is 0. The van der Waals surface area contributed by atoms with Gasteiger partial charge in [-0.2, -0.15) is 0 Å². The molecule has 9 aromatic carbocycles. The van der Waals surface area contributed by atoms with Crippen molar-refractivity contribution in [2.45, 2.75) is 0 Å². The Labute approximate surface area is 372 Å². The minimum Gasteiger partial charge on any atom is -0.309 e. The molecule has 0 aliphatic rings. The van der Waals surface area contributed by atoms with E-state index in [4.69, 9.17) is 19.9 Å². The molecule has 6 heteroatoms. The zero-order valence-corrected chi connectivity index (χ0v) is 35.2. The van der Waals surface area contributed by atoms with E-state index in [1.807, 2.05) is 41.7 Å². The fourth-order valence-corrected chi connectivity index (χ4v) is 10.6. The zero-order valence-electron chi connectivity index (χ0n) is 34.4. The van der Waals surface area contributed by atoms with Crippen LogP contribution in [0, 0.1) is 0 Å². The van der Waals surface area contributed by atoms with Crippen molar-refractivity contribution in [1.82, 2.24) is 24.5 Å². The highest BCUT2D eigenvalue weighted by Gasteiger charge is 2.19. The molecule has 0 spiro atoms. The van der Waals surface area contributed by atoms with E-state index in [0.717, 1.165) is 61.3 Å². The van der Waals surface area contributed by atoms with E-state index in [1.165, 1.54) is 47.1 Å². The van der Waals surface area contributed by atoms with Gasteiger partial charge in [0.1, 0.15) is 0 Å². The average Bonchev–Trinajstić information content (AvgIpc) is 3.93. The molecule has 0 amide bonds. The Balaban J connectivity index is 0.910. The summed E-state index contributed by atoms with van der Waals surface area (Å²) in [5.74, 6) is 1.86. The maximum absolute atomic E-state index is 5.51. The Morgan fingerprint density at radius 1 is 0.344 bits per heavy atom. The first-order chi connectivity index (χ1) is 31.7. The second kappa shape index (κ2) is 14.7. The first kappa shape index (κ1) is 36.3. The van der Waals surface area contributed by atoms with Crippen molar-refractivity contribution in [2.75, 3.05) is 0 Å². The standard InChI is InChI=1S/C58H35N5S/c1-2-15-38(16-3-1)56-60-57(62-58(61-56)42-19-13-20-43(35-42)63-49-25-9-6-22-45(49)46-23-7-10-26-50(46)63)39-30-28-36(29-31-39)40-17-12-18-41(34-40)53-52-47-24-8-11-27-51(47)64-55(52)48-33-32-37-14-4-5-21-44(37)54(48)59-53/h1-35H. The van der Waals surface area contributed by atoms with Crippen molar-refractivity contribution in [2.24, 2.45) is 0 Å². The number of fused-ring (bicyclic) bond motifs is 10. The van der Waals surface area contributed by atoms with Gasteiger partial charge in [-0.3, -0.25) is 0 Å². The van der Waals surface area contributed by atoms with Gasteiger partial charge in [0.15, 0.2) is 17.5 Å². The van der Waals surface area contributed by atoms with Gasteiger partial charge >= 0.3 is 0 Å². The maximum Gasteiger partial charge on any atom is 0.164 e. The lowest BCUT2D eigenvalue weighted by Crippen LogP contribution is -2.01. The van der Waals surface area contributed by atoms with Gasteiger partial charge < -0.3 is 4.57 Å². The second-order valence-corrected chi connectivity index (χ2v) is 17.2. The highest BCUT2D eigenvalue weighted by Crippen LogP contribution is 2.44. The molecule has 0 unspecified atom stereocenters. The van der Waals surface area contributed by atoms with Crippen LogP contribution in [-0.4, -0.2) is 24.5 Å². The number of aromatic nitrogens is 5. The Kier molecular flexibility index (Phi) is 8.32. The van der Waals surface area contributed by atoms with Crippen molar-refractivity contribution in [3.63, 3.8) is 0 Å². The van der Waals surface area contributed by atoms with E-state index in [2.05, 4.69) is 187 Å². The smallest absolute Gasteiger partial charge is 0.164 e. The van der Waals surface area contributed by atoms with Gasteiger partial charge in [-0.1, -0.05) is 176 Å². The van der Waals surface area contributed by atoms with E-state index in [0.29, 0.717) is 17.5 Å². The van der Waals surface area contributed by atoms with Gasteiger partial charge in [-0.05, 0) is 52.9 Å². The van der Waals surface area contributed by atoms with E-state index in [1.54, 1.807) is 0 Å². The molecule has 0 fully saturated rings. The number of benzene rings is 9. The predicted molar refractivity (Wildman–Crippen MR) is 267 cm³/mol. The van der Waals surface area contributed by atoms with Crippen LogP contribution in [0.4, 0.5) is 0 Å². The molecule has 0 atom stereocenters. The molecule has 0 saturated heterocycles. The third kappa shape index (κ3) is 5.92. The van der Waals surface area contributed by atoms with Crippen molar-refractivity contribution in [3.8, 4) is 62.2 Å². The minimum absolute atomic E-state index is 0.616. The highest BCUT2D eigenvalue weighted by molar-refractivity contribution is 7.26. The molecule has 4 aromatic heterocycles. The molecule has 0 aliphatic carbocycles. The van der Waals surface area contributed by atoms with Crippen LogP contribution in [0.15, 0.2) is 212 Å². The predicted octanol–water partition coefficient (Wildman–Crippen LogP) is 15.4. The number of para-hydroxylation sites is 2. The normalized spacial score (nSPS) is 11.8. The highest BCUT2D eigenvalue weighted by atomic mass is 32.1. The SMILES string of the molecule is c1ccc(-c2nc(-c3ccc(-c4cccc(-c5nc6c7ccccc7ccc6c6sc7ccccc7c56)c4)cc3)nc(-c3cccc(-n4c5ccccc5c5ccccc54)c3)n2)cc1. The van der Waals surface area contributed by atoms with Crippen molar-refractivity contribution in [1.29, 1.82) is 0 Å². The quantitative estimate of drug-likeness (QED) is 0.157. The second-order valence-electron chi connectivity index (χ2n) is 16.2. The van der Waals surface area contributed by atoms with Crippen LogP contribution in [0.25, 0.3) is 126 Å². The first-order valence-electron chi connectivity index (χ1n) is 21.5. The van der Waals surface area contributed by atoms with E-state index in [9.17, 15) is 0 Å². The van der Waals surface area contributed by atoms with Gasteiger partial charge in [0.2, 0.25) is 0 Å². The van der Waals surface area contributed by atoms with Crippen LogP contribution in [0.3, 0.4) is 0 Å². The number of thiophene rings is 1. The summed E-state index contributed by atoms with van der Waals surface area (Å²) >= 11 is 1.85. The Morgan fingerprint density at radius 3 is 1.67 bits per heavy atom. The molecule has 0 bridgehead atoms. The largest absolute Gasteiger partial charge is 0.309 e. The number of hydrogen-bond donors (Lipinski definition) is 0. The Hall–Kier alpha value is -8.32. The molecule has 13 rings (SSSR count). The molecule has 0 radical (unpaired) electrons. The fraction of sp³-hybridized carbons (Fsp3) is 0. The number of nitrogens with zero attached hydrogens (tertiary/aromatic N) is 5. The maximum atomic E-state index is 5.51. The summed E-state index contributed by atoms with van der Waals surface area (Å²) < 4.78 is 4.86. The van der Waals surface area contributed by atoms with E-state index >= 15 is 0 Å². The molecule has 4 heterocycles. The molecule has 13 aromatic rings. The number of pyridine rings is 1. The van der Waals surface area contributed by atoms with Crippen LogP contribution >= 0.6 is 11.3 Å². The van der Waals surface area contributed by atoms with Crippen molar-refractivity contribution < 1.29 is 0 Å². The monoisotopic (exact) mass is 833 g/mol. The van der Waals surface area contributed by atoms with Crippen molar-refractivity contribution in [3.05, 3.63) is 212 Å². The fourth-order valence-electron chi connectivity index (χ4n) is 9.40. The molecular weight excluding hydrogens is 799 g/mol. The van der Waals surface area contributed by atoms with Crippen LogP contribution in [0.5, 0.6) is 0 Å². The molecule has 0 N–H and O–H groups in total. The molecule has 64 heavy (non-hydrogen) atoms. The lowest BCUT2D eigenvalue weighted by molar-refractivity contribution is 1.07. The number of rotatable bonds is 6. The molecular formula is C58H35N5S. The van der Waals surface area contributed by atoms with Gasteiger partial charge in [0, 0.05) is 69.7 Å². The molecule has 5 nitrogen and oxygen atoms in total. The van der Waals surface area contributed by atoms with Gasteiger partial charge in [0.05, 0.1) is 22.2 Å². The van der Waals surface area contributed by atoms with E-state index < -0.39 is 0 Å². The lowest BCUT2D eigenvalue weighted by atomic mass is 9.97. The van der Waals surface area contributed by atoms with Crippen LogP contribution in [0.2, 0.25) is 0 Å². The summed E-state index contributed by atoms with van der Waals surface area (Å²) in [5, 5.41) is 8.44. The molecule has 298 valence electrons. The third-order valence-corrected chi connectivity index (χ3v) is 13.6. The summed E-state index contributed by atoms with van der Waals surface area (Å²) in [4.78, 5) is 20.8. The Morgan fingerprint density at radius 2 is 0.906 bits per heavy atom. The van der Waals surface area contributed by atoms with Crippen LogP contribution in [-0.2, 0) is 0 Å². The van der Waals surface area contributed by atoms with Crippen molar-refractivity contribution >= 4 is 75.0 Å². The Bertz CT molecular complexity index is 3910. The van der Waals surface area contributed by atoms with Crippen LogP contribution in [0.1, 0.15) is 0 Å². The minimum atomic E-state index is 0.616. The summed E-state index contributed by atoms with van der Waals surface area (Å²) in [6, 6.07) is 74.9. The topological polar surface area (TPSA) is 56.5 Å². The summed E-state index contributed by atoms with van der Waals surface area (Å²) in [6.07, 6.45) is 0. The zero-order chi connectivity index (χ0) is 42.1. The van der Waals surface area contributed by atoms with Gasteiger partial charge in [-0.25, -0.2) is 19.9 Å². The molecule has 0 saturated carbocycles. The first-order valence-corrected chi connectivity index (χ1v) is 22.3.